The normalized spacial score (nSPS) is 20.8. The molecule has 0 radical (unpaired) electrons. The topological polar surface area (TPSA) is 75.1 Å². The van der Waals surface area contributed by atoms with Gasteiger partial charge in [-0.3, -0.25) is 9.69 Å². The van der Waals surface area contributed by atoms with Gasteiger partial charge in [-0.15, -0.1) is 5.10 Å². The quantitative estimate of drug-likeness (QED) is 0.743. The summed E-state index contributed by atoms with van der Waals surface area (Å²) in [7, 11) is 2.12. The molecule has 1 saturated heterocycles. The Kier molecular flexibility index (Phi) is 3.71. The summed E-state index contributed by atoms with van der Waals surface area (Å²) in [4.78, 5) is 14.4. The van der Waals surface area contributed by atoms with Crippen LogP contribution in [0.15, 0.2) is 6.20 Å². The van der Waals surface area contributed by atoms with Crippen LogP contribution in [-0.4, -0.2) is 64.6 Å². The lowest BCUT2D eigenvalue weighted by molar-refractivity contribution is 0.0934. The number of nitrogens with one attached hydrogen (secondary N) is 2. The maximum Gasteiger partial charge on any atom is 0.273 e. The minimum atomic E-state index is -0.139. The fourth-order valence-electron chi connectivity index (χ4n) is 2.34. The first-order valence-corrected chi connectivity index (χ1v) is 7.28. The lowest BCUT2D eigenvalue weighted by Crippen LogP contribution is -2.43. The molecule has 1 atom stereocenters. The number of nitrogens with zero attached hydrogens (tertiary/aromatic N) is 4. The van der Waals surface area contributed by atoms with E-state index >= 15 is 0 Å². The molecule has 0 spiro atoms. The summed E-state index contributed by atoms with van der Waals surface area (Å²) < 4.78 is 1.77. The van der Waals surface area contributed by atoms with Crippen LogP contribution in [0.4, 0.5) is 0 Å². The first-order valence-electron chi connectivity index (χ1n) is 7.28. The Morgan fingerprint density at radius 2 is 2.35 bits per heavy atom. The van der Waals surface area contributed by atoms with Gasteiger partial charge in [0.15, 0.2) is 5.69 Å². The van der Waals surface area contributed by atoms with E-state index in [1.54, 1.807) is 10.9 Å². The van der Waals surface area contributed by atoms with Gasteiger partial charge >= 0.3 is 0 Å². The lowest BCUT2D eigenvalue weighted by atomic mass is 10.2. The highest BCUT2D eigenvalue weighted by Crippen LogP contribution is 2.26. The molecule has 0 aromatic carbocycles. The first kappa shape index (κ1) is 13.5. The van der Waals surface area contributed by atoms with Gasteiger partial charge in [0, 0.05) is 31.7 Å². The van der Waals surface area contributed by atoms with E-state index in [0.717, 1.165) is 13.1 Å². The zero-order chi connectivity index (χ0) is 14.1. The minimum Gasteiger partial charge on any atom is -0.349 e. The standard InChI is InChI=1S/C13H22N6O/c1-9(18(2)10-3-4-10)5-15-13(20)12-8-19(17-16-12)11-6-14-7-11/h8-11,14H,3-7H2,1-2H3,(H,15,20). The van der Waals surface area contributed by atoms with Crippen molar-refractivity contribution in [3.8, 4) is 0 Å². The van der Waals surface area contributed by atoms with Gasteiger partial charge in [0.05, 0.1) is 12.2 Å². The average molecular weight is 278 g/mol. The molecule has 110 valence electrons. The number of carbonyl (C=O) groups is 1. The number of aromatic nitrogens is 3. The fraction of sp³-hybridized carbons (Fsp3) is 0.769. The van der Waals surface area contributed by atoms with E-state index in [0.29, 0.717) is 30.4 Å². The molecule has 1 saturated carbocycles. The van der Waals surface area contributed by atoms with Crippen molar-refractivity contribution in [2.24, 2.45) is 0 Å². The van der Waals surface area contributed by atoms with Gasteiger partial charge in [0.2, 0.25) is 0 Å². The molecule has 1 aliphatic carbocycles. The van der Waals surface area contributed by atoms with Gasteiger partial charge in [0.25, 0.3) is 5.91 Å². The first-order chi connectivity index (χ1) is 9.65. The van der Waals surface area contributed by atoms with Crippen LogP contribution in [0.3, 0.4) is 0 Å². The highest BCUT2D eigenvalue weighted by Gasteiger charge is 2.29. The van der Waals surface area contributed by atoms with Gasteiger partial charge in [-0.2, -0.15) is 0 Å². The van der Waals surface area contributed by atoms with E-state index in [-0.39, 0.29) is 5.91 Å². The molecule has 2 aliphatic rings. The molecule has 20 heavy (non-hydrogen) atoms. The lowest BCUT2D eigenvalue weighted by Gasteiger charge is -2.26. The third-order valence-electron chi connectivity index (χ3n) is 4.25. The van der Waals surface area contributed by atoms with Gasteiger partial charge in [-0.25, -0.2) is 4.68 Å². The van der Waals surface area contributed by atoms with Crippen molar-refractivity contribution in [1.82, 2.24) is 30.5 Å². The van der Waals surface area contributed by atoms with E-state index in [1.807, 2.05) is 0 Å². The summed E-state index contributed by atoms with van der Waals surface area (Å²) in [6.07, 6.45) is 4.28. The molecule has 2 fully saturated rings. The summed E-state index contributed by atoms with van der Waals surface area (Å²) in [5, 5.41) is 14.1. The summed E-state index contributed by atoms with van der Waals surface area (Å²) in [5.74, 6) is -0.139. The highest BCUT2D eigenvalue weighted by molar-refractivity contribution is 5.91. The zero-order valence-electron chi connectivity index (χ0n) is 12.0. The summed E-state index contributed by atoms with van der Waals surface area (Å²) in [5.41, 5.74) is 0.401. The number of rotatable bonds is 6. The van der Waals surface area contributed by atoms with Gasteiger partial charge < -0.3 is 10.6 Å². The van der Waals surface area contributed by atoms with E-state index < -0.39 is 0 Å². The average Bonchev–Trinajstić information content (AvgIpc) is 3.12. The smallest absolute Gasteiger partial charge is 0.273 e. The van der Waals surface area contributed by atoms with Crippen LogP contribution >= 0.6 is 0 Å². The number of amides is 1. The van der Waals surface area contributed by atoms with Crippen molar-refractivity contribution in [3.05, 3.63) is 11.9 Å². The van der Waals surface area contributed by atoms with Crippen molar-refractivity contribution in [2.75, 3.05) is 26.7 Å². The zero-order valence-corrected chi connectivity index (χ0v) is 12.0. The van der Waals surface area contributed by atoms with Crippen LogP contribution in [0.25, 0.3) is 0 Å². The van der Waals surface area contributed by atoms with Gasteiger partial charge in [0.1, 0.15) is 0 Å². The van der Waals surface area contributed by atoms with Crippen LogP contribution < -0.4 is 10.6 Å². The number of carbonyl (C=O) groups excluding carboxylic acids is 1. The molecule has 7 nitrogen and oxygen atoms in total. The largest absolute Gasteiger partial charge is 0.349 e. The van der Waals surface area contributed by atoms with Crippen LogP contribution in [0.5, 0.6) is 0 Å². The predicted octanol–water partition coefficient (Wildman–Crippen LogP) is -0.365. The van der Waals surface area contributed by atoms with Gasteiger partial charge in [-0.05, 0) is 26.8 Å². The Labute approximate surface area is 118 Å². The molecular weight excluding hydrogens is 256 g/mol. The van der Waals surface area contributed by atoms with Crippen molar-refractivity contribution >= 4 is 5.91 Å². The molecule has 1 aliphatic heterocycles. The molecule has 1 unspecified atom stereocenters. The fourth-order valence-corrected chi connectivity index (χ4v) is 2.34. The Balaban J connectivity index is 1.49. The molecule has 2 N–H and O–H groups in total. The summed E-state index contributed by atoms with van der Waals surface area (Å²) in [6, 6.07) is 1.38. The molecule has 3 rings (SSSR count). The summed E-state index contributed by atoms with van der Waals surface area (Å²) >= 11 is 0. The van der Waals surface area contributed by atoms with Gasteiger partial charge in [-0.1, -0.05) is 5.21 Å². The Hall–Kier alpha value is -1.47. The van der Waals surface area contributed by atoms with Crippen LogP contribution in [0.2, 0.25) is 0 Å². The van der Waals surface area contributed by atoms with Crippen LogP contribution in [0, 0.1) is 0 Å². The number of hydrogen-bond donors (Lipinski definition) is 2. The third-order valence-corrected chi connectivity index (χ3v) is 4.25. The van der Waals surface area contributed by atoms with Crippen LogP contribution in [-0.2, 0) is 0 Å². The molecule has 1 aromatic rings. The molecular formula is C13H22N6O. The van der Waals surface area contributed by atoms with E-state index in [1.165, 1.54) is 12.8 Å². The second-order valence-corrected chi connectivity index (χ2v) is 5.85. The maximum atomic E-state index is 12.0. The van der Waals surface area contributed by atoms with Crippen molar-refractivity contribution in [3.63, 3.8) is 0 Å². The second-order valence-electron chi connectivity index (χ2n) is 5.85. The molecule has 1 amide bonds. The molecule has 2 heterocycles. The molecule has 1 aromatic heterocycles. The third kappa shape index (κ3) is 2.83. The van der Waals surface area contributed by atoms with Crippen molar-refractivity contribution < 1.29 is 4.79 Å². The van der Waals surface area contributed by atoms with Crippen molar-refractivity contribution in [2.45, 2.75) is 37.9 Å². The van der Waals surface area contributed by atoms with E-state index in [4.69, 9.17) is 0 Å². The van der Waals surface area contributed by atoms with E-state index in [2.05, 4.69) is 39.8 Å². The number of likely N-dealkylation sites (N-methyl/N-ethyl adjacent to an activating group) is 1. The Morgan fingerprint density at radius 1 is 1.60 bits per heavy atom. The minimum absolute atomic E-state index is 0.139. The SMILES string of the molecule is CC(CNC(=O)c1cn(C2CNC2)nn1)N(C)C1CC1. The predicted molar refractivity (Wildman–Crippen MR) is 74.5 cm³/mol. The van der Waals surface area contributed by atoms with Crippen molar-refractivity contribution in [1.29, 1.82) is 0 Å². The maximum absolute atomic E-state index is 12.0. The molecule has 0 bridgehead atoms. The second kappa shape index (κ2) is 5.49. The summed E-state index contributed by atoms with van der Waals surface area (Å²) in [6.45, 7) is 4.57. The Bertz CT molecular complexity index is 479. The highest BCUT2D eigenvalue weighted by atomic mass is 16.2. The van der Waals surface area contributed by atoms with Crippen LogP contribution in [0.1, 0.15) is 36.3 Å². The molecule has 7 heteroatoms. The monoisotopic (exact) mass is 278 g/mol. The number of hydrogen-bond acceptors (Lipinski definition) is 5. The van der Waals surface area contributed by atoms with E-state index in [9.17, 15) is 4.79 Å². The Morgan fingerprint density at radius 3 is 2.95 bits per heavy atom.